The van der Waals surface area contributed by atoms with Gasteiger partial charge in [0.1, 0.15) is 0 Å². The Labute approximate surface area is 238 Å². The third-order valence-corrected chi connectivity index (χ3v) is 11.7. The van der Waals surface area contributed by atoms with Crippen molar-refractivity contribution in [2.45, 2.75) is 129 Å². The second-order valence-electron chi connectivity index (χ2n) is 14.2. The highest BCUT2D eigenvalue weighted by Crippen LogP contribution is 2.75. The molecule has 8 heteroatoms. The molecule has 40 heavy (non-hydrogen) atoms. The molecule has 2 N–H and O–H groups in total. The Morgan fingerprint density at radius 2 is 1.93 bits per heavy atom. The number of aliphatic hydroxyl groups is 2. The van der Waals surface area contributed by atoms with E-state index in [1.807, 2.05) is 10.9 Å². The maximum Gasteiger partial charge on any atom is 0.170 e. The van der Waals surface area contributed by atoms with Crippen LogP contribution < -0.4 is 0 Å². The lowest BCUT2D eigenvalue weighted by atomic mass is 9.37. The average molecular weight is 556 g/mol. The van der Waals surface area contributed by atoms with E-state index in [2.05, 4.69) is 37.7 Å². The van der Waals surface area contributed by atoms with E-state index in [0.29, 0.717) is 31.6 Å². The highest BCUT2D eigenvalue weighted by molar-refractivity contribution is 6.04. The molecule has 3 heterocycles. The number of ketones is 1. The molecule has 0 radical (unpaired) electrons. The summed E-state index contributed by atoms with van der Waals surface area (Å²) in [6.45, 7) is 11.9. The van der Waals surface area contributed by atoms with Gasteiger partial charge in [-0.2, -0.15) is 0 Å². The number of hydrogen-bond acceptors (Lipinski definition) is 7. The molecule has 4 aliphatic carbocycles. The quantitative estimate of drug-likeness (QED) is 0.303. The van der Waals surface area contributed by atoms with Crippen LogP contribution in [0.25, 0.3) is 0 Å². The molecular formula is C32H49N3O5. The number of aliphatic hydroxyl groups excluding tert-OH is 2. The second-order valence-corrected chi connectivity index (χ2v) is 14.2. The van der Waals surface area contributed by atoms with Crippen LogP contribution in [-0.2, 0) is 27.2 Å². The minimum Gasteiger partial charge on any atom is -0.393 e. The van der Waals surface area contributed by atoms with Crippen LogP contribution in [-0.4, -0.2) is 62.2 Å². The first-order valence-electron chi connectivity index (χ1n) is 15.9. The van der Waals surface area contributed by atoms with Crippen molar-refractivity contribution in [3.05, 3.63) is 24.0 Å². The van der Waals surface area contributed by atoms with E-state index in [0.717, 1.165) is 37.8 Å². The van der Waals surface area contributed by atoms with Gasteiger partial charge in [0.05, 0.1) is 42.6 Å². The standard InChI is InChI=1S/C32H49N3O5/c1-5-6-7-8-9-10-12-21-19-35(34-33-21)15-16-39-29-31-14-11-13-30(3,4)24(31)18-25(40-29)32-26(31)23(36)17-22(28(32)38)20(2)27(32)37/h19,22-26,28-29,36,38H,2,5-18H2,1,3-4H3/t22-,23-,24+,25+,26-,28+,29-,31-,32+/m0/s1. The SMILES string of the molecule is C=C1C(=O)[C@]23[C@H](O)[C@H]1C[C@H](O)[C@H]2[C@]12CCCC(C)(C)[C@H]1C[C@H]3O[C@@H]2OCCn1cc(CCCCCCCC)nn1. The first-order valence-corrected chi connectivity index (χ1v) is 15.9. The lowest BCUT2D eigenvalue weighted by Gasteiger charge is -2.72. The molecule has 8 nitrogen and oxygen atoms in total. The summed E-state index contributed by atoms with van der Waals surface area (Å²) in [6.07, 6.45) is 12.0. The first-order chi connectivity index (χ1) is 19.2. The number of unbranched alkanes of at least 4 members (excludes halogenated alkanes) is 5. The van der Waals surface area contributed by atoms with Gasteiger partial charge in [-0.25, -0.2) is 4.68 Å². The number of carbonyl (C=O) groups excluding carboxylic acids is 1. The van der Waals surface area contributed by atoms with Gasteiger partial charge in [-0.05, 0) is 55.4 Å². The predicted molar refractivity (Wildman–Crippen MR) is 150 cm³/mol. The molecule has 1 aromatic heterocycles. The van der Waals surface area contributed by atoms with E-state index in [1.165, 1.54) is 32.1 Å². The molecule has 6 aliphatic rings. The number of hydrogen-bond donors (Lipinski definition) is 2. The van der Waals surface area contributed by atoms with Gasteiger partial charge in [-0.3, -0.25) is 4.79 Å². The van der Waals surface area contributed by atoms with Crippen LogP contribution in [0.3, 0.4) is 0 Å². The molecule has 7 rings (SSSR count). The summed E-state index contributed by atoms with van der Waals surface area (Å²) in [6, 6.07) is 0. The van der Waals surface area contributed by atoms with Crippen molar-refractivity contribution >= 4 is 5.78 Å². The molecule has 4 saturated carbocycles. The van der Waals surface area contributed by atoms with E-state index in [9.17, 15) is 15.0 Å². The van der Waals surface area contributed by atoms with Gasteiger partial charge in [-0.15, -0.1) is 5.10 Å². The van der Waals surface area contributed by atoms with Crippen molar-refractivity contribution in [1.29, 1.82) is 0 Å². The summed E-state index contributed by atoms with van der Waals surface area (Å²) in [4.78, 5) is 13.9. The van der Waals surface area contributed by atoms with Crippen molar-refractivity contribution in [1.82, 2.24) is 15.0 Å². The molecule has 0 amide bonds. The number of Topliss-reactive ketones (excluding diaryl/α,β-unsaturated/α-hetero) is 1. The third kappa shape index (κ3) is 4.10. The van der Waals surface area contributed by atoms with Crippen LogP contribution in [0.4, 0.5) is 0 Å². The minimum atomic E-state index is -1.11. The zero-order valence-corrected chi connectivity index (χ0v) is 24.7. The van der Waals surface area contributed by atoms with E-state index in [-0.39, 0.29) is 23.0 Å². The molecule has 2 spiro atoms. The van der Waals surface area contributed by atoms with E-state index < -0.39 is 41.3 Å². The Balaban J connectivity index is 1.18. The van der Waals surface area contributed by atoms with Crippen LogP contribution >= 0.6 is 0 Å². The van der Waals surface area contributed by atoms with Gasteiger partial charge >= 0.3 is 0 Å². The molecule has 0 unspecified atom stereocenters. The fourth-order valence-electron chi connectivity index (χ4n) is 9.97. The van der Waals surface area contributed by atoms with Crippen molar-refractivity contribution in [3.8, 4) is 0 Å². The van der Waals surface area contributed by atoms with Gasteiger partial charge < -0.3 is 19.7 Å². The zero-order valence-electron chi connectivity index (χ0n) is 24.7. The van der Waals surface area contributed by atoms with Crippen LogP contribution in [0.1, 0.15) is 97.1 Å². The molecule has 4 bridgehead atoms. The zero-order chi connectivity index (χ0) is 28.3. The van der Waals surface area contributed by atoms with Gasteiger partial charge in [0.25, 0.3) is 0 Å². The summed E-state index contributed by atoms with van der Waals surface area (Å²) >= 11 is 0. The Kier molecular flexibility index (Phi) is 7.54. The summed E-state index contributed by atoms with van der Waals surface area (Å²) in [7, 11) is 0. The van der Waals surface area contributed by atoms with Crippen molar-refractivity contribution in [2.24, 2.45) is 34.0 Å². The molecule has 6 fully saturated rings. The van der Waals surface area contributed by atoms with Crippen LogP contribution in [0.2, 0.25) is 0 Å². The largest absolute Gasteiger partial charge is 0.393 e. The minimum absolute atomic E-state index is 0.0288. The summed E-state index contributed by atoms with van der Waals surface area (Å²) in [5.41, 5.74) is -0.129. The number of aryl methyl sites for hydroxylation is 1. The molecule has 1 aromatic rings. The van der Waals surface area contributed by atoms with E-state index in [4.69, 9.17) is 9.47 Å². The number of carbonyl (C=O) groups is 1. The van der Waals surface area contributed by atoms with Crippen molar-refractivity contribution < 1.29 is 24.5 Å². The number of ether oxygens (including phenoxy) is 2. The van der Waals surface area contributed by atoms with E-state index in [1.54, 1.807) is 0 Å². The lowest BCUT2D eigenvalue weighted by molar-refractivity contribution is -0.402. The van der Waals surface area contributed by atoms with Crippen LogP contribution in [0.5, 0.6) is 0 Å². The molecule has 9 atom stereocenters. The summed E-state index contributed by atoms with van der Waals surface area (Å²) in [5, 5.41) is 32.0. The highest BCUT2D eigenvalue weighted by Gasteiger charge is 2.81. The summed E-state index contributed by atoms with van der Waals surface area (Å²) < 4.78 is 15.1. The number of aromatic nitrogens is 3. The van der Waals surface area contributed by atoms with Crippen molar-refractivity contribution in [2.75, 3.05) is 6.61 Å². The van der Waals surface area contributed by atoms with Gasteiger partial charge in [0, 0.05) is 23.4 Å². The number of fused-ring (bicyclic) bond motifs is 2. The van der Waals surface area contributed by atoms with Gasteiger partial charge in [0.2, 0.25) is 0 Å². The highest BCUT2D eigenvalue weighted by atomic mass is 16.7. The fraction of sp³-hybridized carbons (Fsp3) is 0.844. The Morgan fingerprint density at radius 3 is 2.73 bits per heavy atom. The monoisotopic (exact) mass is 555 g/mol. The Morgan fingerprint density at radius 1 is 1.15 bits per heavy atom. The predicted octanol–water partition coefficient (Wildman–Crippen LogP) is 4.62. The van der Waals surface area contributed by atoms with Crippen molar-refractivity contribution in [3.63, 3.8) is 0 Å². The number of nitrogens with zero attached hydrogens (tertiary/aromatic N) is 3. The molecule has 2 saturated heterocycles. The smallest absolute Gasteiger partial charge is 0.170 e. The number of rotatable bonds is 11. The first kappa shape index (κ1) is 28.5. The van der Waals surface area contributed by atoms with E-state index >= 15 is 0 Å². The molecular weight excluding hydrogens is 506 g/mol. The maximum absolute atomic E-state index is 13.9. The van der Waals surface area contributed by atoms with Crippen LogP contribution in [0, 0.1) is 34.0 Å². The fourth-order valence-corrected chi connectivity index (χ4v) is 9.97. The molecule has 222 valence electrons. The normalized spacial score (nSPS) is 41.3. The third-order valence-electron chi connectivity index (χ3n) is 11.7. The summed E-state index contributed by atoms with van der Waals surface area (Å²) in [5.74, 6) is -0.624. The Hall–Kier alpha value is -1.61. The lowest BCUT2D eigenvalue weighted by Crippen LogP contribution is -2.78. The maximum atomic E-state index is 13.9. The Bertz CT molecular complexity index is 1120. The van der Waals surface area contributed by atoms with Gasteiger partial charge in [-0.1, -0.05) is 71.1 Å². The van der Waals surface area contributed by atoms with Crippen LogP contribution in [0.15, 0.2) is 18.3 Å². The molecule has 0 aromatic carbocycles. The topological polar surface area (TPSA) is 107 Å². The average Bonchev–Trinajstić information content (AvgIpc) is 3.41. The second kappa shape index (κ2) is 10.6. The molecule has 2 aliphatic heterocycles. The van der Waals surface area contributed by atoms with Gasteiger partial charge in [0.15, 0.2) is 12.1 Å².